The van der Waals surface area contributed by atoms with Gasteiger partial charge in [0.15, 0.2) is 0 Å². The normalized spacial score (nSPS) is 19.6. The molecule has 0 radical (unpaired) electrons. The van der Waals surface area contributed by atoms with E-state index in [-0.39, 0.29) is 0 Å². The van der Waals surface area contributed by atoms with E-state index in [4.69, 9.17) is 0 Å². The molecule has 33 heavy (non-hydrogen) atoms. The van der Waals surface area contributed by atoms with E-state index in [1.165, 1.54) is 0 Å². The Morgan fingerprint density at radius 2 is 0.576 bits per heavy atom. The molecule has 0 aromatic rings. The first-order valence-corrected chi connectivity index (χ1v) is 9.54. The van der Waals surface area contributed by atoms with E-state index in [0.29, 0.717) is 0 Å². The van der Waals surface area contributed by atoms with Crippen LogP contribution in [0, 0.1) is 5.41 Å². The van der Waals surface area contributed by atoms with Gasteiger partial charge in [0.1, 0.15) is 0 Å². The molecule has 0 N–H and O–H groups in total. The van der Waals surface area contributed by atoms with Crippen molar-refractivity contribution in [2.24, 2.45) is 5.41 Å². The molecule has 4 unspecified atom stereocenters. The van der Waals surface area contributed by atoms with E-state index < -0.39 is 78.8 Å². The SMILES string of the molecule is FC(Cl)C(F)(F)OCC(COC(F)(F)C(F)Cl)(COC(F)(F)C(F)Cl)COC(F)(F)C(F)Cl. The Morgan fingerprint density at radius 3 is 0.697 bits per heavy atom. The van der Waals surface area contributed by atoms with Gasteiger partial charge in [-0.3, -0.25) is 0 Å². The van der Waals surface area contributed by atoms with Crippen LogP contribution < -0.4 is 0 Å². The summed E-state index contributed by atoms with van der Waals surface area (Å²) in [7, 11) is 0. The molecule has 0 aromatic heterocycles. The smallest absolute Gasteiger partial charge is 0.316 e. The molecule has 20 heteroatoms. The maximum Gasteiger partial charge on any atom is 0.400 e. The first-order valence-electron chi connectivity index (χ1n) is 7.80. The molecule has 0 fully saturated rings. The Bertz CT molecular complexity index is 496. The maximum atomic E-state index is 13.3. The summed E-state index contributed by atoms with van der Waals surface area (Å²) in [4.78, 5) is 0. The third-order valence-corrected chi connectivity index (χ3v) is 4.32. The lowest BCUT2D eigenvalue weighted by Gasteiger charge is -2.37. The summed E-state index contributed by atoms with van der Waals surface area (Å²) in [5.41, 5.74) is -17.9. The molecule has 0 saturated carbocycles. The van der Waals surface area contributed by atoms with Crippen molar-refractivity contribution in [3.05, 3.63) is 0 Å². The average Bonchev–Trinajstić information content (AvgIpc) is 2.66. The van der Waals surface area contributed by atoms with E-state index in [1.54, 1.807) is 0 Å². The fourth-order valence-corrected chi connectivity index (χ4v) is 1.75. The van der Waals surface area contributed by atoms with Crippen LogP contribution in [0.3, 0.4) is 0 Å². The molecule has 0 aliphatic heterocycles. The first kappa shape index (κ1) is 33.2. The summed E-state index contributed by atoms with van der Waals surface area (Å²) in [6, 6.07) is 0. The second-order valence-electron chi connectivity index (χ2n) is 6.10. The Kier molecular flexibility index (Phi) is 12.5. The van der Waals surface area contributed by atoms with Gasteiger partial charge in [0, 0.05) is 0 Å². The van der Waals surface area contributed by atoms with E-state index in [2.05, 4.69) is 65.4 Å². The quantitative estimate of drug-likeness (QED) is 0.149. The molecule has 0 aliphatic rings. The van der Waals surface area contributed by atoms with Crippen LogP contribution in [0.15, 0.2) is 0 Å². The van der Waals surface area contributed by atoms with Crippen LogP contribution in [-0.4, -0.2) is 73.4 Å². The summed E-state index contributed by atoms with van der Waals surface area (Å²) in [5, 5.41) is 0. The standard InChI is InChI=1S/C13H12Cl4F12O4/c14-5(18)10(22,23)30-1-9(2-31-11(24,25)6(15)19,3-32-12(26,27)7(16)20)4-33-13(28,29)8(17)21/h5-8H,1-4H2. The van der Waals surface area contributed by atoms with Crippen molar-refractivity contribution in [1.82, 2.24) is 0 Å². The second kappa shape index (κ2) is 12.4. The molecular weight excluding hydrogens is 590 g/mol. The number of hydrogen-bond donors (Lipinski definition) is 0. The van der Waals surface area contributed by atoms with Crippen LogP contribution in [0.2, 0.25) is 0 Å². The first-order chi connectivity index (χ1) is 14.6. The molecule has 0 aliphatic carbocycles. The number of rotatable bonds is 16. The van der Waals surface area contributed by atoms with Crippen LogP contribution >= 0.6 is 46.4 Å². The lowest BCUT2D eigenvalue weighted by molar-refractivity contribution is -0.334. The number of halogens is 16. The van der Waals surface area contributed by atoms with Gasteiger partial charge in [-0.05, 0) is 0 Å². The number of hydrogen-bond acceptors (Lipinski definition) is 4. The van der Waals surface area contributed by atoms with Crippen LogP contribution in [0.25, 0.3) is 0 Å². The minimum absolute atomic E-state index is 2.05. The van der Waals surface area contributed by atoms with Gasteiger partial charge in [-0.1, -0.05) is 46.4 Å². The van der Waals surface area contributed by atoms with Crippen LogP contribution in [0.1, 0.15) is 0 Å². The molecule has 0 bridgehead atoms. The third kappa shape index (κ3) is 10.8. The Labute approximate surface area is 197 Å². The zero-order chi connectivity index (χ0) is 26.5. The van der Waals surface area contributed by atoms with Gasteiger partial charge in [-0.25, -0.2) is 17.6 Å². The maximum absolute atomic E-state index is 13.3. The highest BCUT2D eigenvalue weighted by molar-refractivity contribution is 6.20. The van der Waals surface area contributed by atoms with Crippen LogP contribution in [0.4, 0.5) is 52.7 Å². The second-order valence-corrected chi connectivity index (χ2v) is 7.64. The van der Waals surface area contributed by atoms with Gasteiger partial charge in [0.25, 0.3) is 22.5 Å². The van der Waals surface area contributed by atoms with Crippen molar-refractivity contribution < 1.29 is 71.6 Å². The zero-order valence-corrected chi connectivity index (χ0v) is 18.3. The minimum Gasteiger partial charge on any atom is -0.316 e. The monoisotopic (exact) mass is 600 g/mol. The van der Waals surface area contributed by atoms with Crippen molar-refractivity contribution in [3.8, 4) is 0 Å². The zero-order valence-electron chi connectivity index (χ0n) is 15.3. The minimum atomic E-state index is -5.01. The lowest BCUT2D eigenvalue weighted by Crippen LogP contribution is -2.50. The summed E-state index contributed by atoms with van der Waals surface area (Å²) in [5.74, 6) is 0. The van der Waals surface area contributed by atoms with Crippen molar-refractivity contribution in [2.75, 3.05) is 26.4 Å². The fraction of sp³-hybridized carbons (Fsp3) is 1.00. The van der Waals surface area contributed by atoms with E-state index in [1.807, 2.05) is 0 Å². The molecular formula is C13H12Cl4F12O4. The highest BCUT2D eigenvalue weighted by Crippen LogP contribution is 2.37. The summed E-state index contributed by atoms with van der Waals surface area (Å²) in [6.07, 6.45) is -20.1. The van der Waals surface area contributed by atoms with E-state index >= 15 is 0 Å². The Hall–Kier alpha value is 0.160. The third-order valence-electron chi connectivity index (χ3n) is 3.30. The summed E-state index contributed by atoms with van der Waals surface area (Å²) < 4.78 is 172. The number of alkyl halides is 16. The molecule has 0 heterocycles. The summed E-state index contributed by atoms with van der Waals surface area (Å²) >= 11 is 17.9. The number of ether oxygens (including phenoxy) is 4. The van der Waals surface area contributed by atoms with Gasteiger partial charge in [-0.2, -0.15) is 35.1 Å². The Balaban J connectivity index is 6.11. The molecule has 4 atom stereocenters. The molecule has 0 amide bonds. The molecule has 200 valence electrons. The van der Waals surface area contributed by atoms with Crippen molar-refractivity contribution in [3.63, 3.8) is 0 Å². The van der Waals surface area contributed by atoms with Crippen molar-refractivity contribution >= 4 is 46.4 Å². The average molecular weight is 602 g/mol. The van der Waals surface area contributed by atoms with Crippen LogP contribution in [-0.2, 0) is 18.9 Å². The summed E-state index contributed by atoms with van der Waals surface area (Å²) in [6.45, 7) is -8.19. The molecule has 0 rings (SSSR count). The van der Waals surface area contributed by atoms with E-state index in [9.17, 15) is 52.7 Å². The van der Waals surface area contributed by atoms with Crippen molar-refractivity contribution in [2.45, 2.75) is 47.0 Å². The fourth-order valence-electron chi connectivity index (χ4n) is 1.50. The van der Waals surface area contributed by atoms with Gasteiger partial charge in [0.05, 0.1) is 31.8 Å². The molecule has 4 nitrogen and oxygen atoms in total. The van der Waals surface area contributed by atoms with E-state index in [0.717, 1.165) is 0 Å². The van der Waals surface area contributed by atoms with Gasteiger partial charge in [-0.15, -0.1) is 0 Å². The highest BCUT2D eigenvalue weighted by Gasteiger charge is 2.51. The Morgan fingerprint density at radius 1 is 0.424 bits per heavy atom. The van der Waals surface area contributed by atoms with Gasteiger partial charge in [0.2, 0.25) is 0 Å². The van der Waals surface area contributed by atoms with Crippen molar-refractivity contribution in [1.29, 1.82) is 0 Å². The van der Waals surface area contributed by atoms with Gasteiger partial charge >= 0.3 is 24.4 Å². The van der Waals surface area contributed by atoms with Crippen LogP contribution in [0.5, 0.6) is 0 Å². The predicted molar refractivity (Wildman–Crippen MR) is 89.0 cm³/mol. The highest BCUT2D eigenvalue weighted by atomic mass is 35.5. The lowest BCUT2D eigenvalue weighted by atomic mass is 9.92. The molecule has 0 saturated heterocycles. The molecule has 0 spiro atoms. The topological polar surface area (TPSA) is 36.9 Å². The predicted octanol–water partition coefficient (Wildman–Crippen LogP) is 6.55. The largest absolute Gasteiger partial charge is 0.400 e. The van der Waals surface area contributed by atoms with Gasteiger partial charge < -0.3 is 18.9 Å². The molecule has 0 aromatic carbocycles.